The third-order valence-electron chi connectivity index (χ3n) is 4.72. The molecule has 1 aromatic carbocycles. The highest BCUT2D eigenvalue weighted by Gasteiger charge is 2.43. The van der Waals surface area contributed by atoms with Gasteiger partial charge in [-0.25, -0.2) is 9.48 Å². The van der Waals surface area contributed by atoms with Crippen LogP contribution >= 0.6 is 0 Å². The summed E-state index contributed by atoms with van der Waals surface area (Å²) in [4.78, 5) is 12.5. The molecule has 0 spiro atoms. The molecule has 1 fully saturated rings. The van der Waals surface area contributed by atoms with Gasteiger partial charge < -0.3 is 9.47 Å². The highest BCUT2D eigenvalue weighted by Crippen LogP contribution is 2.37. The van der Waals surface area contributed by atoms with Crippen LogP contribution in [-0.4, -0.2) is 33.2 Å². The minimum atomic E-state index is -0.304. The van der Waals surface area contributed by atoms with Crippen LogP contribution in [0.2, 0.25) is 0 Å². The molecular weight excluding hydrogens is 306 g/mol. The van der Waals surface area contributed by atoms with Gasteiger partial charge in [-0.05, 0) is 26.0 Å². The molecule has 0 radical (unpaired) electrons. The lowest BCUT2D eigenvalue weighted by Crippen LogP contribution is -2.48. The quantitative estimate of drug-likeness (QED) is 0.810. The van der Waals surface area contributed by atoms with Crippen molar-refractivity contribution in [3.8, 4) is 0 Å². The summed E-state index contributed by atoms with van der Waals surface area (Å²) in [6.45, 7) is 7.95. The van der Waals surface area contributed by atoms with E-state index in [1.165, 1.54) is 0 Å². The van der Waals surface area contributed by atoms with Gasteiger partial charge in [-0.2, -0.15) is 0 Å². The molecule has 128 valence electrons. The summed E-state index contributed by atoms with van der Waals surface area (Å²) in [6, 6.07) is 9.06. The van der Waals surface area contributed by atoms with E-state index in [2.05, 4.69) is 10.3 Å². The van der Waals surface area contributed by atoms with Crippen LogP contribution in [0.15, 0.2) is 36.5 Å². The van der Waals surface area contributed by atoms with E-state index in [0.29, 0.717) is 5.56 Å². The molecule has 1 aliphatic heterocycles. The van der Waals surface area contributed by atoms with Crippen LogP contribution in [-0.2, 0) is 9.47 Å². The Morgan fingerprint density at radius 1 is 1.17 bits per heavy atom. The predicted molar refractivity (Wildman–Crippen MR) is 88.3 cm³/mol. The molecule has 24 heavy (non-hydrogen) atoms. The number of benzene rings is 1. The molecule has 1 unspecified atom stereocenters. The van der Waals surface area contributed by atoms with E-state index in [1.807, 2.05) is 52.1 Å². The Bertz CT molecular complexity index is 701. The first-order valence-electron chi connectivity index (χ1n) is 8.27. The van der Waals surface area contributed by atoms with Crippen molar-refractivity contribution in [2.75, 3.05) is 0 Å². The Hall–Kier alpha value is -2.21. The lowest BCUT2D eigenvalue weighted by Gasteiger charge is -2.42. The van der Waals surface area contributed by atoms with E-state index in [0.717, 1.165) is 5.69 Å². The van der Waals surface area contributed by atoms with Gasteiger partial charge in [0.05, 0.1) is 23.6 Å². The number of hydrogen-bond acceptors (Lipinski definition) is 5. The van der Waals surface area contributed by atoms with Crippen molar-refractivity contribution in [3.05, 3.63) is 47.8 Å². The second kappa shape index (κ2) is 6.73. The van der Waals surface area contributed by atoms with Crippen LogP contribution in [0.4, 0.5) is 0 Å². The minimum Gasteiger partial charge on any atom is -0.458 e. The number of nitrogens with zero attached hydrogens (tertiary/aromatic N) is 3. The standard InChI is InChI=1S/C18H23N3O3/c1-11-10-21(20-19-11)17-13(3)16(12(2)14(4)23-17)24-18(22)15-8-6-5-7-9-15/h5-10,12-14,16-17H,1-4H3/t12-,13+,14+,16-,17?/m1/s1. The van der Waals surface area contributed by atoms with E-state index >= 15 is 0 Å². The number of hydrogen-bond donors (Lipinski definition) is 0. The number of aryl methyl sites for hydroxylation is 1. The minimum absolute atomic E-state index is 0.0371. The molecule has 0 bridgehead atoms. The van der Waals surface area contributed by atoms with E-state index in [9.17, 15) is 4.79 Å². The number of carbonyl (C=O) groups is 1. The predicted octanol–water partition coefficient (Wildman–Crippen LogP) is 3.00. The molecule has 0 aliphatic carbocycles. The van der Waals surface area contributed by atoms with Gasteiger partial charge in [-0.1, -0.05) is 37.3 Å². The summed E-state index contributed by atoms with van der Waals surface area (Å²) in [5, 5.41) is 8.15. The Kier molecular flexibility index (Phi) is 4.66. The van der Waals surface area contributed by atoms with E-state index in [4.69, 9.17) is 9.47 Å². The van der Waals surface area contributed by atoms with Gasteiger partial charge in [-0.3, -0.25) is 0 Å². The second-order valence-electron chi connectivity index (χ2n) is 6.53. The average Bonchev–Trinajstić information content (AvgIpc) is 3.01. The van der Waals surface area contributed by atoms with Crippen molar-refractivity contribution in [2.45, 2.75) is 46.1 Å². The molecule has 5 atom stereocenters. The Morgan fingerprint density at radius 2 is 1.88 bits per heavy atom. The lowest BCUT2D eigenvalue weighted by molar-refractivity contribution is -0.191. The largest absolute Gasteiger partial charge is 0.458 e. The van der Waals surface area contributed by atoms with Gasteiger partial charge >= 0.3 is 5.97 Å². The number of rotatable bonds is 3. The van der Waals surface area contributed by atoms with Gasteiger partial charge in [0, 0.05) is 11.8 Å². The first-order chi connectivity index (χ1) is 11.5. The summed E-state index contributed by atoms with van der Waals surface area (Å²) in [5.74, 6) is -0.250. The molecule has 3 rings (SSSR count). The van der Waals surface area contributed by atoms with Crippen LogP contribution in [0.25, 0.3) is 0 Å². The van der Waals surface area contributed by atoms with Crippen molar-refractivity contribution in [2.24, 2.45) is 11.8 Å². The summed E-state index contributed by atoms with van der Waals surface area (Å²) >= 11 is 0. The van der Waals surface area contributed by atoms with Gasteiger partial charge in [0.25, 0.3) is 0 Å². The first-order valence-corrected chi connectivity index (χ1v) is 8.27. The number of aromatic nitrogens is 3. The molecule has 6 heteroatoms. The fourth-order valence-corrected chi connectivity index (χ4v) is 3.15. The fourth-order valence-electron chi connectivity index (χ4n) is 3.15. The first kappa shape index (κ1) is 16.6. The molecule has 1 aliphatic rings. The smallest absolute Gasteiger partial charge is 0.338 e. The van der Waals surface area contributed by atoms with Crippen molar-refractivity contribution < 1.29 is 14.3 Å². The fraction of sp³-hybridized carbons (Fsp3) is 0.500. The molecule has 2 heterocycles. The molecule has 1 aromatic heterocycles. The molecule has 1 saturated heterocycles. The highest BCUT2D eigenvalue weighted by molar-refractivity contribution is 5.89. The topological polar surface area (TPSA) is 66.2 Å². The zero-order valence-corrected chi connectivity index (χ0v) is 14.4. The van der Waals surface area contributed by atoms with Crippen molar-refractivity contribution >= 4 is 5.97 Å². The van der Waals surface area contributed by atoms with Crippen LogP contribution in [0, 0.1) is 18.8 Å². The molecule has 0 saturated carbocycles. The molecule has 2 aromatic rings. The van der Waals surface area contributed by atoms with E-state index < -0.39 is 0 Å². The molecule has 6 nitrogen and oxygen atoms in total. The van der Waals surface area contributed by atoms with Crippen LogP contribution in [0.1, 0.15) is 43.1 Å². The van der Waals surface area contributed by atoms with Gasteiger partial charge in [0.1, 0.15) is 6.10 Å². The van der Waals surface area contributed by atoms with Crippen molar-refractivity contribution in [1.82, 2.24) is 15.0 Å². The monoisotopic (exact) mass is 329 g/mol. The number of ether oxygens (including phenoxy) is 2. The van der Waals surface area contributed by atoms with Crippen LogP contribution in [0.5, 0.6) is 0 Å². The molecule has 0 amide bonds. The maximum absolute atomic E-state index is 12.5. The zero-order valence-electron chi connectivity index (χ0n) is 14.4. The van der Waals surface area contributed by atoms with E-state index in [1.54, 1.807) is 16.8 Å². The highest BCUT2D eigenvalue weighted by atomic mass is 16.6. The van der Waals surface area contributed by atoms with E-state index in [-0.39, 0.29) is 36.2 Å². The number of esters is 1. The average molecular weight is 329 g/mol. The molecular formula is C18H23N3O3. The maximum atomic E-state index is 12.5. The van der Waals surface area contributed by atoms with Crippen molar-refractivity contribution in [3.63, 3.8) is 0 Å². The SMILES string of the molecule is Cc1cn(C2O[C@@H](C)[C@@H](C)[C@@H](OC(=O)c3ccccc3)[C@@H]2C)nn1. The van der Waals surface area contributed by atoms with Crippen molar-refractivity contribution in [1.29, 1.82) is 0 Å². The summed E-state index contributed by atoms with van der Waals surface area (Å²) in [7, 11) is 0. The lowest BCUT2D eigenvalue weighted by atomic mass is 9.85. The normalized spacial score (nSPS) is 30.1. The summed E-state index contributed by atoms with van der Waals surface area (Å²) in [5.41, 5.74) is 1.39. The maximum Gasteiger partial charge on any atom is 0.338 e. The second-order valence-corrected chi connectivity index (χ2v) is 6.53. The van der Waals surface area contributed by atoms with Crippen LogP contribution in [0.3, 0.4) is 0 Å². The Labute approximate surface area is 141 Å². The zero-order chi connectivity index (χ0) is 17.3. The molecule has 0 N–H and O–H groups in total. The van der Waals surface area contributed by atoms with Crippen LogP contribution < -0.4 is 0 Å². The van der Waals surface area contributed by atoms with Gasteiger partial charge in [0.15, 0.2) is 6.23 Å². The third-order valence-corrected chi connectivity index (χ3v) is 4.72. The number of carbonyl (C=O) groups excluding carboxylic acids is 1. The summed E-state index contributed by atoms with van der Waals surface area (Å²) < 4.78 is 13.7. The Morgan fingerprint density at radius 3 is 2.50 bits per heavy atom. The van der Waals surface area contributed by atoms with Gasteiger partial charge in [0.2, 0.25) is 0 Å². The third kappa shape index (κ3) is 3.19. The Balaban J connectivity index is 1.81. The summed E-state index contributed by atoms with van der Waals surface area (Å²) in [6.07, 6.45) is 1.24. The van der Waals surface area contributed by atoms with Gasteiger partial charge in [-0.15, -0.1) is 5.10 Å².